The third kappa shape index (κ3) is 1.58. The Morgan fingerprint density at radius 3 is 2.25 bits per heavy atom. The summed E-state index contributed by atoms with van der Waals surface area (Å²) in [4.78, 5) is 0. The third-order valence-electron chi connectivity index (χ3n) is 1.76. The Labute approximate surface area is 68.6 Å². The molecule has 1 radical (unpaired) electrons. The van der Waals surface area contributed by atoms with Gasteiger partial charge in [-0.15, -0.1) is 0 Å². The minimum absolute atomic E-state index is 0.547. The van der Waals surface area contributed by atoms with E-state index in [1.807, 2.05) is 0 Å². The molecule has 0 unspecified atom stereocenters. The van der Waals surface area contributed by atoms with Gasteiger partial charge in [0.2, 0.25) is 0 Å². The van der Waals surface area contributed by atoms with Gasteiger partial charge in [-0.05, 0) is 0 Å². The van der Waals surface area contributed by atoms with Gasteiger partial charge in [-0.25, -0.2) is 0 Å². The SMILES string of the molecule is OC[C@H]1O[C](O)[C@@H](O)[C@H](O)[C@@H]1O. The van der Waals surface area contributed by atoms with Crippen molar-refractivity contribution in [3.8, 4) is 0 Å². The van der Waals surface area contributed by atoms with Gasteiger partial charge in [0.25, 0.3) is 6.29 Å². The topological polar surface area (TPSA) is 110 Å². The van der Waals surface area contributed by atoms with Crippen molar-refractivity contribution in [2.75, 3.05) is 6.61 Å². The van der Waals surface area contributed by atoms with E-state index in [2.05, 4.69) is 4.74 Å². The van der Waals surface area contributed by atoms with Crippen LogP contribution in [0.15, 0.2) is 0 Å². The zero-order chi connectivity index (χ0) is 9.30. The highest BCUT2D eigenvalue weighted by atomic mass is 16.6. The van der Waals surface area contributed by atoms with Crippen LogP contribution in [0.25, 0.3) is 0 Å². The molecule has 1 rings (SSSR count). The molecule has 0 saturated carbocycles. The summed E-state index contributed by atoms with van der Waals surface area (Å²) in [6, 6.07) is 0. The average molecular weight is 179 g/mol. The molecule has 6 heteroatoms. The molecule has 0 aromatic rings. The lowest BCUT2D eigenvalue weighted by molar-refractivity contribution is -0.230. The molecule has 1 aliphatic rings. The molecule has 12 heavy (non-hydrogen) atoms. The van der Waals surface area contributed by atoms with Crippen molar-refractivity contribution in [2.24, 2.45) is 0 Å². The highest BCUT2D eigenvalue weighted by Crippen LogP contribution is 2.23. The van der Waals surface area contributed by atoms with Crippen LogP contribution in [0.1, 0.15) is 0 Å². The van der Waals surface area contributed by atoms with Crippen LogP contribution < -0.4 is 0 Å². The smallest absolute Gasteiger partial charge is 0.254 e. The summed E-state index contributed by atoms with van der Waals surface area (Å²) >= 11 is 0. The molecule has 0 bridgehead atoms. The van der Waals surface area contributed by atoms with Gasteiger partial charge >= 0.3 is 0 Å². The number of hydrogen-bond donors (Lipinski definition) is 5. The minimum Gasteiger partial charge on any atom is -0.394 e. The molecule has 0 spiro atoms. The molecule has 0 aromatic carbocycles. The summed E-state index contributed by atoms with van der Waals surface area (Å²) in [5.74, 6) is 0. The Balaban J connectivity index is 2.63. The van der Waals surface area contributed by atoms with E-state index in [9.17, 15) is 0 Å². The van der Waals surface area contributed by atoms with Gasteiger partial charge < -0.3 is 30.3 Å². The molecule has 0 aromatic heterocycles. The lowest BCUT2D eigenvalue weighted by Gasteiger charge is -2.36. The van der Waals surface area contributed by atoms with Gasteiger partial charge in [0.1, 0.15) is 24.4 Å². The first-order valence-electron chi connectivity index (χ1n) is 3.45. The lowest BCUT2D eigenvalue weighted by atomic mass is 10.00. The fourth-order valence-electron chi connectivity index (χ4n) is 0.993. The van der Waals surface area contributed by atoms with Gasteiger partial charge in [0.05, 0.1) is 6.61 Å². The largest absolute Gasteiger partial charge is 0.394 e. The van der Waals surface area contributed by atoms with Crippen LogP contribution in [0.3, 0.4) is 0 Å². The second kappa shape index (κ2) is 3.65. The van der Waals surface area contributed by atoms with E-state index in [0.717, 1.165) is 0 Å². The predicted octanol–water partition coefficient (Wildman–Crippen LogP) is -2.68. The van der Waals surface area contributed by atoms with E-state index < -0.39 is 37.3 Å². The zero-order valence-corrected chi connectivity index (χ0v) is 6.16. The molecule has 71 valence electrons. The van der Waals surface area contributed by atoms with Crippen molar-refractivity contribution in [1.29, 1.82) is 0 Å². The van der Waals surface area contributed by atoms with Gasteiger partial charge in [-0.2, -0.15) is 0 Å². The van der Waals surface area contributed by atoms with Crippen LogP contribution in [-0.2, 0) is 4.74 Å². The fraction of sp³-hybridized carbons (Fsp3) is 0.833. The van der Waals surface area contributed by atoms with Crippen molar-refractivity contribution in [1.82, 2.24) is 0 Å². The Bertz CT molecular complexity index is 146. The van der Waals surface area contributed by atoms with Crippen molar-refractivity contribution < 1.29 is 30.3 Å². The van der Waals surface area contributed by atoms with Crippen molar-refractivity contribution in [3.05, 3.63) is 6.29 Å². The minimum atomic E-state index is -1.62. The predicted molar refractivity (Wildman–Crippen MR) is 35.2 cm³/mol. The van der Waals surface area contributed by atoms with Gasteiger partial charge in [-0.1, -0.05) is 0 Å². The number of aliphatic hydroxyl groups is 5. The Morgan fingerprint density at radius 1 is 1.17 bits per heavy atom. The van der Waals surface area contributed by atoms with Crippen LogP contribution >= 0.6 is 0 Å². The first-order valence-corrected chi connectivity index (χ1v) is 3.45. The molecule has 5 N–H and O–H groups in total. The lowest BCUT2D eigenvalue weighted by Crippen LogP contribution is -2.55. The van der Waals surface area contributed by atoms with Crippen LogP contribution in [0, 0.1) is 6.29 Å². The maximum Gasteiger partial charge on any atom is 0.254 e. The van der Waals surface area contributed by atoms with Crippen LogP contribution in [0.5, 0.6) is 0 Å². The molecule has 6 nitrogen and oxygen atoms in total. The first kappa shape index (κ1) is 9.85. The van der Waals surface area contributed by atoms with E-state index >= 15 is 0 Å². The highest BCUT2D eigenvalue weighted by Gasteiger charge is 2.43. The van der Waals surface area contributed by atoms with E-state index in [1.54, 1.807) is 0 Å². The molecule has 1 saturated heterocycles. The van der Waals surface area contributed by atoms with Crippen LogP contribution in [0.2, 0.25) is 0 Å². The Kier molecular flexibility index (Phi) is 2.99. The quantitative estimate of drug-likeness (QED) is 0.300. The van der Waals surface area contributed by atoms with E-state index in [-0.39, 0.29) is 0 Å². The normalized spacial score (nSPS) is 44.8. The second-order valence-corrected chi connectivity index (χ2v) is 2.60. The van der Waals surface area contributed by atoms with Crippen LogP contribution in [-0.4, -0.2) is 56.6 Å². The number of ether oxygens (including phenoxy) is 1. The molecule has 0 aliphatic carbocycles. The molecular weight excluding hydrogens is 168 g/mol. The molecule has 1 fully saturated rings. The summed E-state index contributed by atoms with van der Waals surface area (Å²) in [7, 11) is 0. The summed E-state index contributed by atoms with van der Waals surface area (Å²) < 4.78 is 4.49. The average Bonchev–Trinajstić information content (AvgIpc) is 2.08. The standard InChI is InChI=1S/C6H11O6/c7-1-2-3(8)4(9)5(10)6(11)12-2/h2-5,7-11H,1H2/t2-,3-,4-,5+/m1/s1. The molecule has 0 amide bonds. The van der Waals surface area contributed by atoms with Gasteiger partial charge in [0.15, 0.2) is 0 Å². The molecule has 4 atom stereocenters. The maximum absolute atomic E-state index is 9.11. The summed E-state index contributed by atoms with van der Waals surface area (Å²) in [5.41, 5.74) is 0. The summed E-state index contributed by atoms with van der Waals surface area (Å²) in [6.45, 7) is -0.547. The van der Waals surface area contributed by atoms with Gasteiger partial charge in [0, 0.05) is 0 Å². The zero-order valence-electron chi connectivity index (χ0n) is 6.16. The van der Waals surface area contributed by atoms with E-state index in [0.29, 0.717) is 0 Å². The molecule has 1 aliphatic heterocycles. The van der Waals surface area contributed by atoms with E-state index in [1.165, 1.54) is 0 Å². The Hall–Kier alpha value is -0.240. The Morgan fingerprint density at radius 2 is 1.75 bits per heavy atom. The fourth-order valence-corrected chi connectivity index (χ4v) is 0.993. The summed E-state index contributed by atoms with van der Waals surface area (Å²) in [5, 5.41) is 44.5. The van der Waals surface area contributed by atoms with Crippen LogP contribution in [0.4, 0.5) is 0 Å². The second-order valence-electron chi connectivity index (χ2n) is 2.60. The maximum atomic E-state index is 9.11. The van der Waals surface area contributed by atoms with Crippen molar-refractivity contribution in [3.63, 3.8) is 0 Å². The number of aliphatic hydroxyl groups excluding tert-OH is 5. The van der Waals surface area contributed by atoms with Crippen molar-refractivity contribution >= 4 is 0 Å². The first-order chi connectivity index (χ1) is 5.57. The van der Waals surface area contributed by atoms with Crippen molar-refractivity contribution in [2.45, 2.75) is 24.4 Å². The number of rotatable bonds is 1. The summed E-state index contributed by atoms with van der Waals surface area (Å²) in [6.07, 6.45) is -6.44. The number of hydrogen-bond acceptors (Lipinski definition) is 6. The highest BCUT2D eigenvalue weighted by molar-refractivity contribution is 4.95. The monoisotopic (exact) mass is 179 g/mol. The molecule has 1 heterocycles. The van der Waals surface area contributed by atoms with Gasteiger partial charge in [-0.3, -0.25) is 0 Å². The molecular formula is C6H11O6. The van der Waals surface area contributed by atoms with E-state index in [4.69, 9.17) is 25.5 Å². The third-order valence-corrected chi connectivity index (χ3v) is 1.76.